The van der Waals surface area contributed by atoms with Gasteiger partial charge in [0.25, 0.3) is 0 Å². The van der Waals surface area contributed by atoms with E-state index in [-0.39, 0.29) is 6.61 Å². The first kappa shape index (κ1) is 11.6. The first-order valence-corrected chi connectivity index (χ1v) is 6.25. The summed E-state index contributed by atoms with van der Waals surface area (Å²) >= 11 is 0. The van der Waals surface area contributed by atoms with Crippen LogP contribution in [0.15, 0.2) is 24.3 Å². The lowest BCUT2D eigenvalue weighted by Crippen LogP contribution is -2.17. The molecule has 2 heteroatoms. The Bertz CT molecular complexity index is 320. The Hall–Kier alpha value is -0.860. The van der Waals surface area contributed by atoms with Crippen LogP contribution in [-0.2, 0) is 13.2 Å². The summed E-state index contributed by atoms with van der Waals surface area (Å²) in [6, 6.07) is 8.92. The maximum Gasteiger partial charge on any atom is 0.0681 e. The Kier molecular flexibility index (Phi) is 3.97. The van der Waals surface area contributed by atoms with Crippen molar-refractivity contribution in [3.8, 4) is 0 Å². The second kappa shape index (κ2) is 5.46. The fourth-order valence-electron chi connectivity index (χ4n) is 2.20. The molecule has 1 aromatic carbocycles. The summed E-state index contributed by atoms with van der Waals surface area (Å²) in [5.41, 5.74) is 2.29. The Morgan fingerprint density at radius 1 is 1.25 bits per heavy atom. The molecule has 16 heavy (non-hydrogen) atoms. The molecule has 0 saturated heterocycles. The first-order chi connectivity index (χ1) is 7.83. The van der Waals surface area contributed by atoms with Gasteiger partial charge in [0.1, 0.15) is 0 Å². The number of hydrogen-bond acceptors (Lipinski definition) is 2. The van der Waals surface area contributed by atoms with Gasteiger partial charge in [0.15, 0.2) is 0 Å². The summed E-state index contributed by atoms with van der Waals surface area (Å²) in [5.74, 6) is 0.918. The molecular weight excluding hydrogens is 198 g/mol. The van der Waals surface area contributed by atoms with Crippen molar-refractivity contribution in [3.05, 3.63) is 35.4 Å². The molecule has 0 heterocycles. The normalized spacial score (nSPS) is 23.4. The highest BCUT2D eigenvalue weighted by Gasteiger charge is 2.35. The molecule has 0 spiro atoms. The molecule has 2 N–H and O–H groups in total. The van der Waals surface area contributed by atoms with Crippen molar-refractivity contribution in [1.82, 2.24) is 5.32 Å². The average molecular weight is 219 g/mol. The molecule has 0 bridgehead atoms. The number of nitrogens with one attached hydrogen (secondary N) is 1. The molecule has 2 atom stereocenters. The van der Waals surface area contributed by atoms with Crippen LogP contribution >= 0.6 is 0 Å². The van der Waals surface area contributed by atoms with Gasteiger partial charge in [-0.25, -0.2) is 0 Å². The van der Waals surface area contributed by atoms with E-state index in [0.29, 0.717) is 0 Å². The number of aliphatic hydroxyl groups is 1. The van der Waals surface area contributed by atoms with Gasteiger partial charge in [-0.3, -0.25) is 0 Å². The van der Waals surface area contributed by atoms with Gasteiger partial charge < -0.3 is 10.4 Å². The lowest BCUT2D eigenvalue weighted by atomic mass is 10.1. The van der Waals surface area contributed by atoms with Crippen LogP contribution in [0.25, 0.3) is 0 Å². The molecule has 1 aromatic rings. The van der Waals surface area contributed by atoms with E-state index in [1.807, 2.05) is 12.1 Å². The van der Waals surface area contributed by atoms with Gasteiger partial charge >= 0.3 is 0 Å². The molecule has 2 rings (SSSR count). The van der Waals surface area contributed by atoms with Crippen molar-refractivity contribution in [2.24, 2.45) is 5.92 Å². The van der Waals surface area contributed by atoms with Crippen molar-refractivity contribution in [2.45, 2.75) is 45.4 Å². The van der Waals surface area contributed by atoms with E-state index in [2.05, 4.69) is 24.4 Å². The lowest BCUT2D eigenvalue weighted by Gasteiger charge is -2.05. The van der Waals surface area contributed by atoms with Gasteiger partial charge in [0.2, 0.25) is 0 Å². The quantitative estimate of drug-likeness (QED) is 0.770. The van der Waals surface area contributed by atoms with Crippen LogP contribution in [0, 0.1) is 5.92 Å². The van der Waals surface area contributed by atoms with Crippen molar-refractivity contribution in [3.63, 3.8) is 0 Å². The Labute approximate surface area is 97.7 Å². The number of hydrogen-bond donors (Lipinski definition) is 2. The van der Waals surface area contributed by atoms with Crippen LogP contribution in [0.2, 0.25) is 0 Å². The molecule has 0 amide bonds. The molecule has 0 radical (unpaired) electrons. The van der Waals surface area contributed by atoms with Gasteiger partial charge in [-0.05, 0) is 29.9 Å². The predicted molar refractivity (Wildman–Crippen MR) is 66.0 cm³/mol. The van der Waals surface area contributed by atoms with Crippen LogP contribution in [-0.4, -0.2) is 11.1 Å². The topological polar surface area (TPSA) is 32.3 Å². The fourth-order valence-corrected chi connectivity index (χ4v) is 2.20. The van der Waals surface area contributed by atoms with Gasteiger partial charge in [0.05, 0.1) is 6.61 Å². The van der Waals surface area contributed by atoms with Crippen LogP contribution in [0.4, 0.5) is 0 Å². The number of aliphatic hydroxyl groups excluding tert-OH is 1. The third-order valence-corrected chi connectivity index (χ3v) is 3.36. The maximum atomic E-state index is 8.93. The minimum absolute atomic E-state index is 0.134. The second-order valence-corrected chi connectivity index (χ2v) is 4.75. The van der Waals surface area contributed by atoms with E-state index >= 15 is 0 Å². The molecule has 1 aliphatic rings. The van der Waals surface area contributed by atoms with Crippen LogP contribution in [0.1, 0.15) is 37.3 Å². The van der Waals surface area contributed by atoms with Crippen molar-refractivity contribution in [2.75, 3.05) is 0 Å². The molecule has 2 nitrogen and oxygen atoms in total. The second-order valence-electron chi connectivity index (χ2n) is 4.75. The van der Waals surface area contributed by atoms with Gasteiger partial charge in [-0.15, -0.1) is 0 Å². The van der Waals surface area contributed by atoms with Gasteiger partial charge in [-0.1, -0.05) is 37.6 Å². The molecule has 1 saturated carbocycles. The van der Waals surface area contributed by atoms with Crippen LogP contribution in [0.3, 0.4) is 0 Å². The maximum absolute atomic E-state index is 8.93. The van der Waals surface area contributed by atoms with Crippen LogP contribution in [0.5, 0.6) is 0 Å². The fraction of sp³-hybridized carbons (Fsp3) is 0.571. The summed E-state index contributed by atoms with van der Waals surface area (Å²) in [7, 11) is 0. The highest BCUT2D eigenvalue weighted by molar-refractivity contribution is 5.22. The molecule has 88 valence electrons. The summed E-state index contributed by atoms with van der Waals surface area (Å²) in [4.78, 5) is 0. The van der Waals surface area contributed by atoms with E-state index in [1.165, 1.54) is 24.8 Å². The van der Waals surface area contributed by atoms with Crippen molar-refractivity contribution < 1.29 is 5.11 Å². The van der Waals surface area contributed by atoms with Crippen LogP contribution < -0.4 is 5.32 Å². The largest absolute Gasteiger partial charge is 0.392 e. The molecule has 1 aliphatic carbocycles. The average Bonchev–Trinajstić information content (AvgIpc) is 3.06. The van der Waals surface area contributed by atoms with E-state index < -0.39 is 0 Å². The highest BCUT2D eigenvalue weighted by atomic mass is 16.3. The molecular formula is C14H21NO. The monoisotopic (exact) mass is 219 g/mol. The summed E-state index contributed by atoms with van der Waals surface area (Å²) in [6.45, 7) is 3.34. The minimum Gasteiger partial charge on any atom is -0.392 e. The Balaban J connectivity index is 1.73. The zero-order valence-corrected chi connectivity index (χ0v) is 9.95. The Morgan fingerprint density at radius 3 is 2.56 bits per heavy atom. The van der Waals surface area contributed by atoms with E-state index in [9.17, 15) is 0 Å². The molecule has 2 unspecified atom stereocenters. The molecule has 0 aromatic heterocycles. The predicted octanol–water partition coefficient (Wildman–Crippen LogP) is 2.46. The zero-order chi connectivity index (χ0) is 11.4. The van der Waals surface area contributed by atoms with E-state index in [1.54, 1.807) is 0 Å². The van der Waals surface area contributed by atoms with Gasteiger partial charge in [-0.2, -0.15) is 0 Å². The summed E-state index contributed by atoms with van der Waals surface area (Å²) < 4.78 is 0. The minimum atomic E-state index is 0.134. The SMILES string of the molecule is CCCC1CC1NCc1ccc(CO)cc1. The van der Waals surface area contributed by atoms with E-state index in [0.717, 1.165) is 24.1 Å². The Morgan fingerprint density at radius 2 is 1.94 bits per heavy atom. The smallest absolute Gasteiger partial charge is 0.0681 e. The third kappa shape index (κ3) is 3.06. The number of rotatable bonds is 6. The molecule has 1 fully saturated rings. The van der Waals surface area contributed by atoms with Gasteiger partial charge in [0, 0.05) is 12.6 Å². The third-order valence-electron chi connectivity index (χ3n) is 3.36. The van der Waals surface area contributed by atoms with Crippen molar-refractivity contribution >= 4 is 0 Å². The van der Waals surface area contributed by atoms with Crippen molar-refractivity contribution in [1.29, 1.82) is 0 Å². The zero-order valence-electron chi connectivity index (χ0n) is 9.95. The molecule has 0 aliphatic heterocycles. The first-order valence-electron chi connectivity index (χ1n) is 6.25. The van der Waals surface area contributed by atoms with E-state index in [4.69, 9.17) is 5.11 Å². The standard InChI is InChI=1S/C14H21NO/c1-2-3-13-8-14(13)15-9-11-4-6-12(10-16)7-5-11/h4-7,13-16H,2-3,8-10H2,1H3. The summed E-state index contributed by atoms with van der Waals surface area (Å²) in [5, 5.41) is 12.5. The highest BCUT2D eigenvalue weighted by Crippen LogP contribution is 2.34. The lowest BCUT2D eigenvalue weighted by molar-refractivity contribution is 0.282. The number of benzene rings is 1. The summed E-state index contributed by atoms with van der Waals surface area (Å²) in [6.07, 6.45) is 4.01.